The summed E-state index contributed by atoms with van der Waals surface area (Å²) < 4.78 is 27.2. The smallest absolute Gasteiger partial charge is 0.191 e. The lowest BCUT2D eigenvalue weighted by Gasteiger charge is -2.19. The van der Waals surface area contributed by atoms with Gasteiger partial charge in [0.05, 0.1) is 25.0 Å². The zero-order chi connectivity index (χ0) is 17.3. The molecule has 0 aliphatic rings. The normalized spacial score (nSPS) is 13.7. The molecule has 0 radical (unpaired) electrons. The second-order valence-electron chi connectivity index (χ2n) is 5.13. The Hall–Kier alpha value is -1.31. The maximum atomic E-state index is 11.0. The number of rotatable bonds is 8. The molecule has 0 fully saturated rings. The Morgan fingerprint density at radius 2 is 2.04 bits per heavy atom. The molecule has 0 saturated heterocycles. The molecule has 130 valence electrons. The standard InChI is InChI=1S/C15H24ClN3O3S/c1-12(13-6-4-5-7-14(13)16)19-15(17-2)18-8-9-22-10-11-23(3,20)21/h4-7,12H,8-11H2,1-3H3,(H2,17,18,19). The number of hydrogen-bond acceptors (Lipinski definition) is 4. The van der Waals surface area contributed by atoms with E-state index in [1.165, 1.54) is 6.26 Å². The monoisotopic (exact) mass is 361 g/mol. The van der Waals surface area contributed by atoms with Crippen molar-refractivity contribution < 1.29 is 13.2 Å². The summed E-state index contributed by atoms with van der Waals surface area (Å²) in [6.07, 6.45) is 1.19. The molecule has 1 aromatic rings. The molecular weight excluding hydrogens is 338 g/mol. The zero-order valence-corrected chi connectivity index (χ0v) is 15.2. The number of ether oxygens (including phenoxy) is 1. The van der Waals surface area contributed by atoms with Crippen LogP contribution in [-0.2, 0) is 14.6 Å². The first kappa shape index (κ1) is 19.7. The van der Waals surface area contributed by atoms with Crippen molar-refractivity contribution in [3.8, 4) is 0 Å². The molecule has 0 saturated carbocycles. The van der Waals surface area contributed by atoms with Crippen LogP contribution >= 0.6 is 11.6 Å². The number of sulfone groups is 1. The predicted molar refractivity (Wildman–Crippen MR) is 94.9 cm³/mol. The number of halogens is 1. The van der Waals surface area contributed by atoms with Crippen LogP contribution in [0.2, 0.25) is 5.02 Å². The first-order chi connectivity index (χ1) is 10.8. The average Bonchev–Trinajstić information content (AvgIpc) is 2.48. The van der Waals surface area contributed by atoms with Crippen LogP contribution < -0.4 is 10.6 Å². The maximum absolute atomic E-state index is 11.0. The van der Waals surface area contributed by atoms with E-state index in [9.17, 15) is 8.42 Å². The summed E-state index contributed by atoms with van der Waals surface area (Å²) in [6, 6.07) is 7.63. The van der Waals surface area contributed by atoms with Gasteiger partial charge in [-0.25, -0.2) is 8.42 Å². The van der Waals surface area contributed by atoms with Crippen molar-refractivity contribution in [1.29, 1.82) is 0 Å². The summed E-state index contributed by atoms with van der Waals surface area (Å²) in [4.78, 5) is 4.14. The molecule has 0 heterocycles. The van der Waals surface area contributed by atoms with E-state index in [2.05, 4.69) is 15.6 Å². The third-order valence-electron chi connectivity index (χ3n) is 3.09. The molecule has 23 heavy (non-hydrogen) atoms. The van der Waals surface area contributed by atoms with E-state index in [4.69, 9.17) is 16.3 Å². The Balaban J connectivity index is 2.34. The molecule has 8 heteroatoms. The largest absolute Gasteiger partial charge is 0.379 e. The molecule has 0 amide bonds. The van der Waals surface area contributed by atoms with Crippen LogP contribution in [0, 0.1) is 0 Å². The first-order valence-electron chi connectivity index (χ1n) is 7.30. The Bertz CT molecular complexity index is 620. The van der Waals surface area contributed by atoms with Crippen LogP contribution in [0.1, 0.15) is 18.5 Å². The van der Waals surface area contributed by atoms with Gasteiger partial charge >= 0.3 is 0 Å². The van der Waals surface area contributed by atoms with Gasteiger partial charge in [-0.2, -0.15) is 0 Å². The molecule has 0 aliphatic carbocycles. The van der Waals surface area contributed by atoms with Gasteiger partial charge in [-0.1, -0.05) is 29.8 Å². The van der Waals surface area contributed by atoms with Gasteiger partial charge in [-0.3, -0.25) is 4.99 Å². The van der Waals surface area contributed by atoms with Crippen LogP contribution in [0.25, 0.3) is 0 Å². The molecule has 0 bridgehead atoms. The van der Waals surface area contributed by atoms with Crippen molar-refractivity contribution in [2.24, 2.45) is 4.99 Å². The third-order valence-corrected chi connectivity index (χ3v) is 4.34. The van der Waals surface area contributed by atoms with E-state index in [1.54, 1.807) is 7.05 Å². The summed E-state index contributed by atoms with van der Waals surface area (Å²) in [5.41, 5.74) is 0.988. The van der Waals surface area contributed by atoms with E-state index in [1.807, 2.05) is 31.2 Å². The van der Waals surface area contributed by atoms with Crippen molar-refractivity contribution in [3.63, 3.8) is 0 Å². The summed E-state index contributed by atoms with van der Waals surface area (Å²) in [6.45, 7) is 3.12. The Kier molecular flexibility index (Phi) is 8.36. The quantitative estimate of drug-likeness (QED) is 0.418. The summed E-state index contributed by atoms with van der Waals surface area (Å²) in [5, 5.41) is 7.05. The molecule has 1 atom stereocenters. The number of nitrogens with zero attached hydrogens (tertiary/aromatic N) is 1. The van der Waals surface area contributed by atoms with Crippen molar-refractivity contribution in [2.45, 2.75) is 13.0 Å². The summed E-state index contributed by atoms with van der Waals surface area (Å²) >= 11 is 6.17. The molecule has 0 spiro atoms. The molecule has 1 rings (SSSR count). The highest BCUT2D eigenvalue weighted by atomic mass is 35.5. The fraction of sp³-hybridized carbons (Fsp3) is 0.533. The van der Waals surface area contributed by atoms with Gasteiger partial charge in [0.2, 0.25) is 0 Å². The van der Waals surface area contributed by atoms with E-state index in [-0.39, 0.29) is 18.4 Å². The van der Waals surface area contributed by atoms with Crippen molar-refractivity contribution >= 4 is 27.4 Å². The van der Waals surface area contributed by atoms with Crippen LogP contribution in [-0.4, -0.2) is 53.2 Å². The summed E-state index contributed by atoms with van der Waals surface area (Å²) in [7, 11) is -1.30. The number of guanidine groups is 1. The van der Waals surface area contributed by atoms with Crippen molar-refractivity contribution in [2.75, 3.05) is 38.8 Å². The number of aliphatic imine (C=N–C) groups is 1. The van der Waals surface area contributed by atoms with Crippen molar-refractivity contribution in [3.05, 3.63) is 34.9 Å². The third kappa shape index (κ3) is 8.20. The van der Waals surface area contributed by atoms with E-state index < -0.39 is 9.84 Å². The lowest BCUT2D eigenvalue weighted by molar-refractivity contribution is 0.154. The van der Waals surface area contributed by atoms with Gasteiger partial charge in [0.25, 0.3) is 0 Å². The van der Waals surface area contributed by atoms with Crippen molar-refractivity contribution in [1.82, 2.24) is 10.6 Å². The highest BCUT2D eigenvalue weighted by molar-refractivity contribution is 7.90. The van der Waals surface area contributed by atoms with Crippen LogP contribution in [0.5, 0.6) is 0 Å². The van der Waals surface area contributed by atoms with Crippen LogP contribution in [0.15, 0.2) is 29.3 Å². The van der Waals surface area contributed by atoms with Crippen LogP contribution in [0.4, 0.5) is 0 Å². The maximum Gasteiger partial charge on any atom is 0.191 e. The predicted octanol–water partition coefficient (Wildman–Crippen LogP) is 1.63. The molecule has 6 nitrogen and oxygen atoms in total. The molecular formula is C15H24ClN3O3S. The zero-order valence-electron chi connectivity index (χ0n) is 13.7. The minimum Gasteiger partial charge on any atom is -0.379 e. The van der Waals surface area contributed by atoms with Gasteiger partial charge in [0, 0.05) is 24.9 Å². The van der Waals surface area contributed by atoms with E-state index in [0.29, 0.717) is 24.1 Å². The first-order valence-corrected chi connectivity index (χ1v) is 9.74. The fourth-order valence-corrected chi connectivity index (χ4v) is 2.58. The van der Waals surface area contributed by atoms with Crippen LogP contribution in [0.3, 0.4) is 0 Å². The highest BCUT2D eigenvalue weighted by Gasteiger charge is 2.10. The SMILES string of the molecule is CN=C(NCCOCCS(C)(=O)=O)NC(C)c1ccccc1Cl. The van der Waals surface area contributed by atoms with Gasteiger partial charge in [0.15, 0.2) is 5.96 Å². The van der Waals surface area contributed by atoms with E-state index >= 15 is 0 Å². The number of benzene rings is 1. The average molecular weight is 362 g/mol. The fourth-order valence-electron chi connectivity index (χ4n) is 1.86. The van der Waals surface area contributed by atoms with Gasteiger partial charge in [0.1, 0.15) is 9.84 Å². The number of nitrogens with one attached hydrogen (secondary N) is 2. The Morgan fingerprint density at radius 3 is 2.65 bits per heavy atom. The van der Waals surface area contributed by atoms with Gasteiger partial charge in [-0.05, 0) is 18.6 Å². The molecule has 0 aromatic heterocycles. The second-order valence-corrected chi connectivity index (χ2v) is 7.80. The highest BCUT2D eigenvalue weighted by Crippen LogP contribution is 2.21. The minimum absolute atomic E-state index is 0.000975. The Morgan fingerprint density at radius 1 is 1.35 bits per heavy atom. The Labute approximate surface area is 143 Å². The molecule has 1 aromatic carbocycles. The molecule has 2 N–H and O–H groups in total. The minimum atomic E-state index is -2.98. The molecule has 1 unspecified atom stereocenters. The molecule has 0 aliphatic heterocycles. The number of hydrogen-bond donors (Lipinski definition) is 2. The lowest BCUT2D eigenvalue weighted by Crippen LogP contribution is -2.40. The van der Waals surface area contributed by atoms with Gasteiger partial charge in [-0.15, -0.1) is 0 Å². The summed E-state index contributed by atoms with van der Waals surface area (Å²) in [5.74, 6) is 0.660. The second kappa shape index (κ2) is 9.75. The lowest BCUT2D eigenvalue weighted by atomic mass is 10.1. The van der Waals surface area contributed by atoms with E-state index in [0.717, 1.165) is 5.56 Å². The van der Waals surface area contributed by atoms with Gasteiger partial charge < -0.3 is 15.4 Å². The topological polar surface area (TPSA) is 79.8 Å².